The second-order valence-corrected chi connectivity index (χ2v) is 7.53. The second kappa shape index (κ2) is 5.84. The molecule has 0 radical (unpaired) electrons. The number of benzene rings is 1. The maximum atomic E-state index is 3.78. The molecule has 2 aromatic rings. The average molecular weight is 284 g/mol. The first-order valence-corrected chi connectivity index (χ1v) is 8.32. The van der Waals surface area contributed by atoms with E-state index in [9.17, 15) is 0 Å². The molecule has 1 fully saturated rings. The van der Waals surface area contributed by atoms with Crippen LogP contribution in [-0.4, -0.2) is 17.2 Å². The quantitative estimate of drug-likeness (QED) is 0.803. The van der Waals surface area contributed by atoms with Crippen LogP contribution in [-0.2, 0) is 6.54 Å². The second-order valence-electron chi connectivity index (χ2n) is 7.53. The molecule has 0 spiro atoms. The van der Waals surface area contributed by atoms with E-state index in [1.165, 1.54) is 30.2 Å². The van der Waals surface area contributed by atoms with Crippen LogP contribution >= 0.6 is 0 Å². The maximum Gasteiger partial charge on any atom is 0.0480 e. The molecule has 1 N–H and O–H groups in total. The Balaban J connectivity index is 1.49. The Bertz CT molecular complexity index is 596. The number of aromatic nitrogens is 1. The zero-order valence-electron chi connectivity index (χ0n) is 13.6. The summed E-state index contributed by atoms with van der Waals surface area (Å²) in [4.78, 5) is 0. The van der Waals surface area contributed by atoms with Gasteiger partial charge < -0.3 is 9.88 Å². The summed E-state index contributed by atoms with van der Waals surface area (Å²) in [6.45, 7) is 9.42. The first-order valence-electron chi connectivity index (χ1n) is 8.32. The summed E-state index contributed by atoms with van der Waals surface area (Å²) >= 11 is 0. The number of nitrogens with zero attached hydrogens (tertiary/aromatic N) is 1. The van der Waals surface area contributed by atoms with E-state index in [0.717, 1.165) is 19.0 Å². The van der Waals surface area contributed by atoms with E-state index >= 15 is 0 Å². The normalized spacial score (nSPS) is 24.7. The third-order valence-electron chi connectivity index (χ3n) is 5.00. The minimum atomic E-state index is 0.522. The molecule has 0 aliphatic heterocycles. The monoisotopic (exact) mass is 284 g/mol. The van der Waals surface area contributed by atoms with Crippen LogP contribution in [0.5, 0.6) is 0 Å². The predicted molar refractivity (Wildman–Crippen MR) is 90.5 cm³/mol. The highest BCUT2D eigenvalue weighted by molar-refractivity contribution is 5.79. The summed E-state index contributed by atoms with van der Waals surface area (Å²) in [6.07, 6.45) is 6.09. The SMILES string of the molecule is CC1CC(C)(C)CC1NCCCn1ccc2ccccc21. The zero-order chi connectivity index (χ0) is 14.9. The summed E-state index contributed by atoms with van der Waals surface area (Å²) in [5.74, 6) is 0.812. The highest BCUT2D eigenvalue weighted by Crippen LogP contribution is 2.40. The summed E-state index contributed by atoms with van der Waals surface area (Å²) in [5, 5.41) is 5.13. The number of aryl methyl sites for hydroxylation is 1. The van der Waals surface area contributed by atoms with Crippen LogP contribution in [0.2, 0.25) is 0 Å². The molecule has 0 saturated heterocycles. The lowest BCUT2D eigenvalue weighted by molar-refractivity contribution is 0.361. The van der Waals surface area contributed by atoms with Crippen LogP contribution < -0.4 is 5.32 Å². The van der Waals surface area contributed by atoms with Crippen molar-refractivity contribution in [3.63, 3.8) is 0 Å². The molecule has 1 aromatic carbocycles. The van der Waals surface area contributed by atoms with Crippen LogP contribution in [0.15, 0.2) is 36.5 Å². The van der Waals surface area contributed by atoms with Crippen LogP contribution in [0.25, 0.3) is 10.9 Å². The van der Waals surface area contributed by atoms with Crippen molar-refractivity contribution in [1.82, 2.24) is 9.88 Å². The van der Waals surface area contributed by atoms with Gasteiger partial charge in [0.05, 0.1) is 0 Å². The van der Waals surface area contributed by atoms with Gasteiger partial charge in [-0.25, -0.2) is 0 Å². The van der Waals surface area contributed by atoms with Gasteiger partial charge in [-0.15, -0.1) is 0 Å². The third kappa shape index (κ3) is 3.32. The molecule has 1 aromatic heterocycles. The van der Waals surface area contributed by atoms with Gasteiger partial charge in [0.15, 0.2) is 0 Å². The fourth-order valence-electron chi connectivity index (χ4n) is 4.04. The third-order valence-corrected chi connectivity index (χ3v) is 5.00. The smallest absolute Gasteiger partial charge is 0.0480 e. The molecule has 2 atom stereocenters. The van der Waals surface area contributed by atoms with Crippen molar-refractivity contribution < 1.29 is 0 Å². The summed E-state index contributed by atoms with van der Waals surface area (Å²) in [5.41, 5.74) is 1.88. The number of para-hydroxylation sites is 1. The van der Waals surface area contributed by atoms with Crippen molar-refractivity contribution in [1.29, 1.82) is 0 Å². The van der Waals surface area contributed by atoms with Crippen molar-refractivity contribution in [2.75, 3.05) is 6.54 Å². The lowest BCUT2D eigenvalue weighted by atomic mass is 9.91. The predicted octanol–water partition coefficient (Wildman–Crippen LogP) is 4.45. The highest BCUT2D eigenvalue weighted by atomic mass is 15.0. The van der Waals surface area contributed by atoms with Crippen molar-refractivity contribution in [2.45, 2.75) is 52.6 Å². The molecule has 0 amide bonds. The minimum absolute atomic E-state index is 0.522. The summed E-state index contributed by atoms with van der Waals surface area (Å²) in [6, 6.07) is 11.6. The highest BCUT2D eigenvalue weighted by Gasteiger charge is 2.35. The Hall–Kier alpha value is -1.28. The molecule has 1 aliphatic rings. The van der Waals surface area contributed by atoms with E-state index in [1.807, 2.05) is 0 Å². The topological polar surface area (TPSA) is 17.0 Å². The molecule has 1 saturated carbocycles. The van der Waals surface area contributed by atoms with Crippen molar-refractivity contribution in [3.05, 3.63) is 36.5 Å². The Morgan fingerprint density at radius 3 is 2.76 bits per heavy atom. The van der Waals surface area contributed by atoms with Crippen LogP contribution in [0.1, 0.15) is 40.0 Å². The standard InChI is InChI=1S/C19H28N2/c1-15-13-19(2,3)14-17(15)20-10-6-11-21-12-9-16-7-4-5-8-18(16)21/h4-5,7-9,12,15,17,20H,6,10-11,13-14H2,1-3H3. The molecular formula is C19H28N2. The van der Waals surface area contributed by atoms with Gasteiger partial charge in [0.25, 0.3) is 0 Å². The Labute approximate surface area is 128 Å². The van der Waals surface area contributed by atoms with E-state index in [2.05, 4.69) is 67.2 Å². The van der Waals surface area contributed by atoms with Gasteiger partial charge in [0.1, 0.15) is 0 Å². The van der Waals surface area contributed by atoms with Gasteiger partial charge in [-0.05, 0) is 54.7 Å². The number of nitrogens with one attached hydrogen (secondary N) is 1. The fraction of sp³-hybridized carbons (Fsp3) is 0.579. The van der Waals surface area contributed by atoms with Gasteiger partial charge in [-0.1, -0.05) is 39.0 Å². The molecule has 3 rings (SSSR count). The van der Waals surface area contributed by atoms with Gasteiger partial charge in [0, 0.05) is 24.3 Å². The zero-order valence-corrected chi connectivity index (χ0v) is 13.6. The van der Waals surface area contributed by atoms with Gasteiger partial charge in [-0.2, -0.15) is 0 Å². The summed E-state index contributed by atoms with van der Waals surface area (Å²) < 4.78 is 2.37. The molecule has 2 unspecified atom stereocenters. The van der Waals surface area contributed by atoms with E-state index in [-0.39, 0.29) is 0 Å². The number of fused-ring (bicyclic) bond motifs is 1. The van der Waals surface area contributed by atoms with E-state index < -0.39 is 0 Å². The number of hydrogen-bond acceptors (Lipinski definition) is 1. The average Bonchev–Trinajstić information content (AvgIpc) is 2.95. The van der Waals surface area contributed by atoms with E-state index in [4.69, 9.17) is 0 Å². The van der Waals surface area contributed by atoms with Crippen LogP contribution in [0.3, 0.4) is 0 Å². The van der Waals surface area contributed by atoms with E-state index in [1.54, 1.807) is 0 Å². The molecule has 2 heteroatoms. The fourth-order valence-corrected chi connectivity index (χ4v) is 4.04. The number of rotatable bonds is 5. The molecule has 2 nitrogen and oxygen atoms in total. The van der Waals surface area contributed by atoms with E-state index in [0.29, 0.717) is 11.5 Å². The molecule has 114 valence electrons. The van der Waals surface area contributed by atoms with Gasteiger partial charge in [-0.3, -0.25) is 0 Å². The van der Waals surface area contributed by atoms with Crippen LogP contribution in [0.4, 0.5) is 0 Å². The number of hydrogen-bond donors (Lipinski definition) is 1. The largest absolute Gasteiger partial charge is 0.347 e. The summed E-state index contributed by atoms with van der Waals surface area (Å²) in [7, 11) is 0. The van der Waals surface area contributed by atoms with Crippen molar-refractivity contribution in [3.8, 4) is 0 Å². The lowest BCUT2D eigenvalue weighted by Crippen LogP contribution is -2.32. The van der Waals surface area contributed by atoms with Crippen LogP contribution in [0, 0.1) is 11.3 Å². The Kier molecular flexibility index (Phi) is 4.08. The lowest BCUT2D eigenvalue weighted by Gasteiger charge is -2.18. The molecular weight excluding hydrogens is 256 g/mol. The van der Waals surface area contributed by atoms with Gasteiger partial charge >= 0.3 is 0 Å². The first-order chi connectivity index (χ1) is 10.1. The maximum absolute atomic E-state index is 3.78. The van der Waals surface area contributed by atoms with Crippen molar-refractivity contribution in [2.24, 2.45) is 11.3 Å². The minimum Gasteiger partial charge on any atom is -0.347 e. The first kappa shape index (κ1) is 14.6. The Morgan fingerprint density at radius 2 is 2.00 bits per heavy atom. The molecule has 0 bridgehead atoms. The Morgan fingerprint density at radius 1 is 1.19 bits per heavy atom. The van der Waals surface area contributed by atoms with Gasteiger partial charge in [0.2, 0.25) is 0 Å². The molecule has 1 heterocycles. The van der Waals surface area contributed by atoms with Crippen molar-refractivity contribution >= 4 is 10.9 Å². The molecule has 21 heavy (non-hydrogen) atoms. The molecule has 1 aliphatic carbocycles.